The molecular weight excluding hydrogens is 202 g/mol. The average Bonchev–Trinajstić information content (AvgIpc) is 2.29. The van der Waals surface area contributed by atoms with Crippen molar-refractivity contribution in [1.29, 1.82) is 0 Å². The van der Waals surface area contributed by atoms with Crippen molar-refractivity contribution in [3.8, 4) is 11.3 Å². The third-order valence-corrected chi connectivity index (χ3v) is 2.75. The van der Waals surface area contributed by atoms with Gasteiger partial charge in [-0.25, -0.2) is 4.98 Å². The molecule has 0 atom stereocenters. The molecule has 0 radical (unpaired) electrons. The number of anilines is 2. The van der Waals surface area contributed by atoms with Crippen LogP contribution in [0.1, 0.15) is 5.69 Å². The summed E-state index contributed by atoms with van der Waals surface area (Å²) in [5.74, 6) is 0.538. The van der Waals surface area contributed by atoms with Crippen LogP contribution in [0.2, 0.25) is 0 Å². The average molecular weight is 213 g/mol. The van der Waals surface area contributed by atoms with Gasteiger partial charge in [0.05, 0.1) is 23.6 Å². The van der Waals surface area contributed by atoms with Gasteiger partial charge in [0.2, 0.25) is 0 Å². The van der Waals surface area contributed by atoms with Crippen molar-refractivity contribution in [2.45, 2.75) is 6.54 Å². The van der Waals surface area contributed by atoms with Crippen LogP contribution in [0.4, 0.5) is 11.5 Å². The maximum atomic E-state index is 5.89. The van der Waals surface area contributed by atoms with Crippen LogP contribution in [0.3, 0.4) is 0 Å². The molecular formula is C11H11N5. The highest BCUT2D eigenvalue weighted by Crippen LogP contribution is 2.38. The van der Waals surface area contributed by atoms with E-state index in [-0.39, 0.29) is 0 Å². The first kappa shape index (κ1) is 9.08. The summed E-state index contributed by atoms with van der Waals surface area (Å²) in [5.41, 5.74) is 9.71. The molecule has 0 saturated carbocycles. The summed E-state index contributed by atoms with van der Waals surface area (Å²) >= 11 is 0. The number of aromatic nitrogens is 3. The van der Waals surface area contributed by atoms with Crippen LogP contribution in [0, 0.1) is 0 Å². The third-order valence-electron chi connectivity index (χ3n) is 2.75. The first-order chi connectivity index (χ1) is 7.77. The van der Waals surface area contributed by atoms with Gasteiger partial charge in [0.15, 0.2) is 0 Å². The lowest BCUT2D eigenvalue weighted by molar-refractivity contribution is 0.857. The van der Waals surface area contributed by atoms with Gasteiger partial charge in [-0.15, -0.1) is 0 Å². The molecule has 0 saturated heterocycles. The molecule has 0 unspecified atom stereocenters. The summed E-state index contributed by atoms with van der Waals surface area (Å²) in [6.07, 6.45) is 5.11. The minimum atomic E-state index is 0.538. The number of nitrogen functional groups attached to an aromatic ring is 1. The number of fused-ring (bicyclic) bond motifs is 3. The second-order valence-corrected chi connectivity index (χ2v) is 3.80. The van der Waals surface area contributed by atoms with Gasteiger partial charge in [-0.2, -0.15) is 0 Å². The molecule has 0 aliphatic carbocycles. The predicted molar refractivity (Wildman–Crippen MR) is 61.8 cm³/mol. The summed E-state index contributed by atoms with van der Waals surface area (Å²) in [6.45, 7) is 0.714. The van der Waals surface area contributed by atoms with Gasteiger partial charge in [0.1, 0.15) is 5.82 Å². The van der Waals surface area contributed by atoms with Crippen molar-refractivity contribution in [2.75, 3.05) is 17.7 Å². The van der Waals surface area contributed by atoms with E-state index in [1.54, 1.807) is 18.6 Å². The van der Waals surface area contributed by atoms with E-state index in [9.17, 15) is 0 Å². The fourth-order valence-electron chi connectivity index (χ4n) is 2.07. The number of rotatable bonds is 0. The van der Waals surface area contributed by atoms with Gasteiger partial charge in [0, 0.05) is 31.2 Å². The highest BCUT2D eigenvalue weighted by atomic mass is 15.1. The normalized spacial score (nSPS) is 13.2. The number of hydrogen-bond donors (Lipinski definition) is 1. The Morgan fingerprint density at radius 3 is 2.88 bits per heavy atom. The summed E-state index contributed by atoms with van der Waals surface area (Å²) in [4.78, 5) is 14.9. The molecule has 0 amide bonds. The Kier molecular flexibility index (Phi) is 1.80. The fourth-order valence-corrected chi connectivity index (χ4v) is 2.07. The van der Waals surface area contributed by atoms with Gasteiger partial charge < -0.3 is 10.6 Å². The lowest BCUT2D eigenvalue weighted by atomic mass is 10.0. The molecule has 0 spiro atoms. The number of pyridine rings is 1. The topological polar surface area (TPSA) is 67.9 Å². The Morgan fingerprint density at radius 2 is 2.00 bits per heavy atom. The van der Waals surface area contributed by atoms with Crippen LogP contribution in [0.15, 0.2) is 24.7 Å². The summed E-state index contributed by atoms with van der Waals surface area (Å²) in [5, 5.41) is 0. The van der Waals surface area contributed by atoms with E-state index in [0.29, 0.717) is 12.4 Å². The summed E-state index contributed by atoms with van der Waals surface area (Å²) in [6, 6.07) is 1.93. The molecule has 1 aliphatic rings. The van der Waals surface area contributed by atoms with E-state index < -0.39 is 0 Å². The number of nitrogens with zero attached hydrogens (tertiary/aromatic N) is 4. The summed E-state index contributed by atoms with van der Waals surface area (Å²) < 4.78 is 0. The monoisotopic (exact) mass is 213 g/mol. The first-order valence-corrected chi connectivity index (χ1v) is 5.03. The van der Waals surface area contributed by atoms with Crippen LogP contribution in [-0.4, -0.2) is 22.0 Å². The standard InChI is InChI=1S/C11H11N5/c1-16-6-8-9(14-5-4-13-8)7-2-3-15-11(12)10(7)16/h2-5H,6H2,1H3,(H2,12,15). The Morgan fingerprint density at radius 1 is 1.19 bits per heavy atom. The van der Waals surface area contributed by atoms with E-state index in [4.69, 9.17) is 5.73 Å². The quantitative estimate of drug-likeness (QED) is 0.709. The molecule has 5 nitrogen and oxygen atoms in total. The minimum Gasteiger partial charge on any atom is -0.382 e. The van der Waals surface area contributed by atoms with E-state index in [1.807, 2.05) is 13.1 Å². The lowest BCUT2D eigenvalue weighted by Gasteiger charge is -2.28. The fraction of sp³-hybridized carbons (Fsp3) is 0.182. The molecule has 3 heterocycles. The second-order valence-electron chi connectivity index (χ2n) is 3.80. The van der Waals surface area contributed by atoms with Gasteiger partial charge in [-0.3, -0.25) is 9.97 Å². The molecule has 0 bridgehead atoms. The van der Waals surface area contributed by atoms with Gasteiger partial charge in [0.25, 0.3) is 0 Å². The highest BCUT2D eigenvalue weighted by molar-refractivity contribution is 5.86. The van der Waals surface area contributed by atoms with Crippen molar-refractivity contribution in [3.05, 3.63) is 30.4 Å². The van der Waals surface area contributed by atoms with Gasteiger partial charge in [-0.1, -0.05) is 0 Å². The van der Waals surface area contributed by atoms with Crippen LogP contribution >= 0.6 is 0 Å². The first-order valence-electron chi connectivity index (χ1n) is 5.03. The van der Waals surface area contributed by atoms with Crippen molar-refractivity contribution < 1.29 is 0 Å². The third kappa shape index (κ3) is 1.14. The molecule has 5 heteroatoms. The second kappa shape index (κ2) is 3.16. The highest BCUT2D eigenvalue weighted by Gasteiger charge is 2.23. The molecule has 16 heavy (non-hydrogen) atoms. The molecule has 3 rings (SSSR count). The Labute approximate surface area is 93.0 Å². The van der Waals surface area contributed by atoms with Gasteiger partial charge >= 0.3 is 0 Å². The largest absolute Gasteiger partial charge is 0.382 e. The van der Waals surface area contributed by atoms with Crippen molar-refractivity contribution in [3.63, 3.8) is 0 Å². The minimum absolute atomic E-state index is 0.538. The molecule has 80 valence electrons. The smallest absolute Gasteiger partial charge is 0.147 e. The van der Waals surface area contributed by atoms with Crippen molar-refractivity contribution in [2.24, 2.45) is 0 Å². The Balaban J connectivity index is 2.33. The van der Waals surface area contributed by atoms with Crippen LogP contribution in [-0.2, 0) is 6.54 Å². The van der Waals surface area contributed by atoms with Crippen molar-refractivity contribution >= 4 is 11.5 Å². The molecule has 2 aromatic rings. The zero-order valence-electron chi connectivity index (χ0n) is 8.88. The maximum absolute atomic E-state index is 5.89. The predicted octanol–water partition coefficient (Wildman–Crippen LogP) is 1.07. The van der Waals surface area contributed by atoms with Crippen LogP contribution < -0.4 is 10.6 Å². The van der Waals surface area contributed by atoms with E-state index in [2.05, 4.69) is 19.9 Å². The molecule has 0 aromatic carbocycles. The Bertz CT molecular complexity index is 552. The maximum Gasteiger partial charge on any atom is 0.147 e. The summed E-state index contributed by atoms with van der Waals surface area (Å²) in [7, 11) is 1.98. The van der Waals surface area contributed by atoms with Crippen LogP contribution in [0.5, 0.6) is 0 Å². The van der Waals surface area contributed by atoms with Crippen LogP contribution in [0.25, 0.3) is 11.3 Å². The molecule has 2 aromatic heterocycles. The lowest BCUT2D eigenvalue weighted by Crippen LogP contribution is -2.24. The zero-order valence-corrected chi connectivity index (χ0v) is 8.88. The van der Waals surface area contributed by atoms with E-state index >= 15 is 0 Å². The van der Waals surface area contributed by atoms with Gasteiger partial charge in [-0.05, 0) is 6.07 Å². The van der Waals surface area contributed by atoms with E-state index in [1.165, 1.54) is 0 Å². The Hall–Kier alpha value is -2.17. The van der Waals surface area contributed by atoms with Crippen molar-refractivity contribution in [1.82, 2.24) is 15.0 Å². The number of nitrogens with two attached hydrogens (primary N) is 1. The molecule has 1 aliphatic heterocycles. The zero-order chi connectivity index (χ0) is 11.1. The molecule has 0 fully saturated rings. The van der Waals surface area contributed by atoms with E-state index in [0.717, 1.165) is 22.6 Å². The number of hydrogen-bond acceptors (Lipinski definition) is 5. The molecule has 2 N–H and O–H groups in total. The SMILES string of the molecule is CN1Cc2nccnc2-c2ccnc(N)c21.